The van der Waals surface area contributed by atoms with Crippen LogP contribution in [-0.2, 0) is 0 Å². The number of nitrogens with zero attached hydrogens (tertiary/aromatic N) is 3. The fraction of sp³-hybridized carbons (Fsp3) is 0.933. The third-order valence-corrected chi connectivity index (χ3v) is 4.71. The summed E-state index contributed by atoms with van der Waals surface area (Å²) in [7, 11) is 1.94. The fourth-order valence-electron chi connectivity index (χ4n) is 3.10. The molecule has 1 saturated carbocycles. The van der Waals surface area contributed by atoms with Crippen LogP contribution in [0.1, 0.15) is 33.6 Å². The predicted octanol–water partition coefficient (Wildman–Crippen LogP) is 1.29. The summed E-state index contributed by atoms with van der Waals surface area (Å²) < 4.78 is 0. The van der Waals surface area contributed by atoms with E-state index in [1.165, 1.54) is 12.8 Å². The van der Waals surface area contributed by atoms with E-state index in [-0.39, 0.29) is 11.1 Å². The molecule has 2 rings (SSSR count). The minimum Gasteiger partial charge on any atom is -0.301 e. The largest absolute Gasteiger partial charge is 0.301 e. The van der Waals surface area contributed by atoms with Gasteiger partial charge in [-0.15, -0.1) is 0 Å². The predicted molar refractivity (Wildman–Crippen MR) is 77.9 cm³/mol. The second-order valence-corrected chi connectivity index (χ2v) is 7.04. The third kappa shape index (κ3) is 3.28. The summed E-state index contributed by atoms with van der Waals surface area (Å²) in [5, 5.41) is 12.8. The highest BCUT2D eigenvalue weighted by Crippen LogP contribution is 2.39. The normalized spacial score (nSPS) is 25.8. The lowest BCUT2D eigenvalue weighted by atomic mass is 9.94. The minimum absolute atomic E-state index is 0.262. The zero-order chi connectivity index (χ0) is 14.1. The molecule has 1 atom stereocenters. The van der Waals surface area contributed by atoms with Gasteiger partial charge in [0.1, 0.15) is 5.54 Å². The number of nitriles is 1. The minimum atomic E-state index is -0.316. The molecule has 0 radical (unpaired) electrons. The van der Waals surface area contributed by atoms with Crippen LogP contribution in [0.2, 0.25) is 0 Å². The molecule has 0 aromatic rings. The second-order valence-electron chi connectivity index (χ2n) is 7.04. The Hall–Kier alpha value is -0.630. The van der Waals surface area contributed by atoms with E-state index in [2.05, 4.69) is 42.0 Å². The quantitative estimate of drug-likeness (QED) is 0.831. The summed E-state index contributed by atoms with van der Waals surface area (Å²) in [6.07, 6.45) is 2.41. The highest BCUT2D eigenvalue weighted by molar-refractivity contribution is 5.16. The monoisotopic (exact) mass is 264 g/mol. The van der Waals surface area contributed by atoms with Gasteiger partial charge < -0.3 is 5.32 Å². The van der Waals surface area contributed by atoms with Crippen molar-refractivity contribution in [2.24, 2.45) is 5.92 Å². The Balaban J connectivity index is 1.90. The summed E-state index contributed by atoms with van der Waals surface area (Å²) in [5.74, 6) is 0.558. The van der Waals surface area contributed by atoms with Gasteiger partial charge in [-0.2, -0.15) is 5.26 Å². The molecule has 1 aliphatic carbocycles. The number of rotatable bonds is 4. The summed E-state index contributed by atoms with van der Waals surface area (Å²) in [6.45, 7) is 12.1. The Labute approximate surface area is 117 Å². The lowest BCUT2D eigenvalue weighted by Crippen LogP contribution is -2.59. The van der Waals surface area contributed by atoms with E-state index < -0.39 is 0 Å². The van der Waals surface area contributed by atoms with Crippen LogP contribution >= 0.6 is 0 Å². The molecule has 0 amide bonds. The van der Waals surface area contributed by atoms with Gasteiger partial charge in [-0.25, -0.2) is 0 Å². The average molecular weight is 264 g/mol. The zero-order valence-electron chi connectivity index (χ0n) is 12.9. The van der Waals surface area contributed by atoms with Gasteiger partial charge in [-0.3, -0.25) is 9.80 Å². The SMILES string of the molecule is CNC(C#N)(CN1CCN(C(C)(C)C)CC1)C1CC1. The molecule has 1 aliphatic heterocycles. The van der Waals surface area contributed by atoms with Crippen LogP contribution in [0.25, 0.3) is 0 Å². The summed E-state index contributed by atoms with van der Waals surface area (Å²) >= 11 is 0. The molecule has 2 aliphatic rings. The molecular weight excluding hydrogens is 236 g/mol. The molecule has 4 nitrogen and oxygen atoms in total. The maximum atomic E-state index is 9.55. The van der Waals surface area contributed by atoms with Gasteiger partial charge in [0.2, 0.25) is 0 Å². The van der Waals surface area contributed by atoms with Crippen LogP contribution in [0, 0.1) is 17.2 Å². The molecule has 108 valence electrons. The molecule has 0 aromatic carbocycles. The van der Waals surface area contributed by atoms with E-state index in [1.54, 1.807) is 0 Å². The first-order valence-electron chi connectivity index (χ1n) is 7.49. The fourth-order valence-corrected chi connectivity index (χ4v) is 3.10. The highest BCUT2D eigenvalue weighted by atomic mass is 15.3. The number of piperazine rings is 1. The van der Waals surface area contributed by atoms with Crippen molar-refractivity contribution in [3.05, 3.63) is 0 Å². The van der Waals surface area contributed by atoms with Gasteiger partial charge in [0, 0.05) is 38.3 Å². The molecule has 1 heterocycles. The highest BCUT2D eigenvalue weighted by Gasteiger charge is 2.46. The maximum Gasteiger partial charge on any atom is 0.122 e. The van der Waals surface area contributed by atoms with Gasteiger partial charge in [-0.05, 0) is 46.6 Å². The van der Waals surface area contributed by atoms with E-state index in [1.807, 2.05) is 7.05 Å². The molecular formula is C15H28N4. The van der Waals surface area contributed by atoms with Crippen LogP contribution in [0.3, 0.4) is 0 Å². The first-order chi connectivity index (χ1) is 8.91. The van der Waals surface area contributed by atoms with Crippen LogP contribution in [0.5, 0.6) is 0 Å². The standard InChI is InChI=1S/C15H28N4/c1-14(2,3)19-9-7-18(8-10-19)12-15(11-16,17-4)13-5-6-13/h13,17H,5-10,12H2,1-4H3. The number of nitrogens with one attached hydrogen (secondary N) is 1. The lowest BCUT2D eigenvalue weighted by molar-refractivity contribution is 0.0518. The lowest BCUT2D eigenvalue weighted by Gasteiger charge is -2.44. The van der Waals surface area contributed by atoms with E-state index >= 15 is 0 Å². The first kappa shape index (κ1) is 14.8. The van der Waals surface area contributed by atoms with Gasteiger partial charge in [0.15, 0.2) is 0 Å². The van der Waals surface area contributed by atoms with E-state index in [0.29, 0.717) is 5.92 Å². The maximum absolute atomic E-state index is 9.55. The Kier molecular flexibility index (Phi) is 4.20. The van der Waals surface area contributed by atoms with Gasteiger partial charge in [0.05, 0.1) is 6.07 Å². The molecule has 4 heteroatoms. The zero-order valence-corrected chi connectivity index (χ0v) is 12.9. The Morgan fingerprint density at radius 3 is 2.11 bits per heavy atom. The van der Waals surface area contributed by atoms with Crippen molar-refractivity contribution in [3.8, 4) is 6.07 Å². The van der Waals surface area contributed by atoms with Crippen LogP contribution < -0.4 is 5.32 Å². The summed E-state index contributed by atoms with van der Waals surface area (Å²) in [6, 6.07) is 2.55. The smallest absolute Gasteiger partial charge is 0.122 e. The van der Waals surface area contributed by atoms with Crippen LogP contribution in [0.15, 0.2) is 0 Å². The molecule has 1 N–H and O–H groups in total. The van der Waals surface area contributed by atoms with Crippen LogP contribution in [-0.4, -0.2) is 60.6 Å². The Bertz CT molecular complexity index is 342. The molecule has 2 fully saturated rings. The van der Waals surface area contributed by atoms with Crippen molar-refractivity contribution >= 4 is 0 Å². The van der Waals surface area contributed by atoms with E-state index in [4.69, 9.17) is 0 Å². The third-order valence-electron chi connectivity index (χ3n) is 4.71. The van der Waals surface area contributed by atoms with Gasteiger partial charge in [0.25, 0.3) is 0 Å². The molecule has 0 spiro atoms. The number of hydrogen-bond donors (Lipinski definition) is 1. The van der Waals surface area contributed by atoms with Gasteiger partial charge >= 0.3 is 0 Å². The molecule has 0 bridgehead atoms. The summed E-state index contributed by atoms with van der Waals surface area (Å²) in [4.78, 5) is 4.99. The number of hydrogen-bond acceptors (Lipinski definition) is 4. The van der Waals surface area contributed by atoms with Crippen molar-refractivity contribution in [1.82, 2.24) is 15.1 Å². The van der Waals surface area contributed by atoms with Crippen molar-refractivity contribution < 1.29 is 0 Å². The molecule has 1 unspecified atom stereocenters. The number of likely N-dealkylation sites (N-methyl/N-ethyl adjacent to an activating group) is 1. The topological polar surface area (TPSA) is 42.3 Å². The van der Waals surface area contributed by atoms with Crippen LogP contribution in [0.4, 0.5) is 0 Å². The molecule has 19 heavy (non-hydrogen) atoms. The molecule has 0 aromatic heterocycles. The van der Waals surface area contributed by atoms with Crippen molar-refractivity contribution in [1.29, 1.82) is 5.26 Å². The first-order valence-corrected chi connectivity index (χ1v) is 7.49. The van der Waals surface area contributed by atoms with Gasteiger partial charge in [-0.1, -0.05) is 0 Å². The summed E-state index contributed by atoms with van der Waals surface area (Å²) in [5.41, 5.74) is -0.0538. The van der Waals surface area contributed by atoms with Crippen molar-refractivity contribution in [2.45, 2.75) is 44.7 Å². The Morgan fingerprint density at radius 2 is 1.74 bits per heavy atom. The van der Waals surface area contributed by atoms with Crippen molar-refractivity contribution in [3.63, 3.8) is 0 Å². The second kappa shape index (κ2) is 5.40. The Morgan fingerprint density at radius 1 is 1.16 bits per heavy atom. The van der Waals surface area contributed by atoms with E-state index in [9.17, 15) is 5.26 Å². The average Bonchev–Trinajstić information content (AvgIpc) is 3.20. The molecule has 1 saturated heterocycles. The van der Waals surface area contributed by atoms with Crippen molar-refractivity contribution in [2.75, 3.05) is 39.8 Å². The van der Waals surface area contributed by atoms with E-state index in [0.717, 1.165) is 32.7 Å².